The Balaban J connectivity index is 2.31. The van der Waals surface area contributed by atoms with E-state index in [0.29, 0.717) is 5.75 Å². The van der Waals surface area contributed by atoms with E-state index < -0.39 is 22.0 Å². The maximum absolute atomic E-state index is 12.0. The van der Waals surface area contributed by atoms with Gasteiger partial charge in [-0.1, -0.05) is 0 Å². The number of rotatable bonds is 4. The third-order valence-electron chi connectivity index (χ3n) is 2.60. The standard InChI is InChI=1S/C11H12N2O6S/c1-6(11(15)16)13-20(17,18)7-2-3-9-8(4-7)12-10(14)5-19-9/h2-4,6,13H,5H2,1H3,(H,12,14)(H,15,16)/t6-/m1/s1. The molecule has 1 aliphatic rings. The van der Waals surface area contributed by atoms with Crippen LogP contribution >= 0.6 is 0 Å². The minimum Gasteiger partial charge on any atom is -0.482 e. The maximum atomic E-state index is 12.0. The topological polar surface area (TPSA) is 122 Å². The lowest BCUT2D eigenvalue weighted by Crippen LogP contribution is -2.38. The van der Waals surface area contributed by atoms with E-state index in [4.69, 9.17) is 9.84 Å². The molecule has 8 nitrogen and oxygen atoms in total. The first kappa shape index (κ1) is 14.3. The molecule has 1 atom stereocenters. The van der Waals surface area contributed by atoms with Crippen molar-refractivity contribution >= 4 is 27.6 Å². The van der Waals surface area contributed by atoms with Crippen molar-refractivity contribution in [1.82, 2.24) is 4.72 Å². The third kappa shape index (κ3) is 2.89. The number of hydrogen-bond donors (Lipinski definition) is 3. The highest BCUT2D eigenvalue weighted by atomic mass is 32.2. The normalized spacial score (nSPS) is 15.8. The van der Waals surface area contributed by atoms with Crippen LogP contribution in [0.25, 0.3) is 0 Å². The summed E-state index contributed by atoms with van der Waals surface area (Å²) in [5.74, 6) is -1.32. The lowest BCUT2D eigenvalue weighted by atomic mass is 10.2. The third-order valence-corrected chi connectivity index (χ3v) is 4.13. The molecule has 1 aliphatic heterocycles. The van der Waals surface area contributed by atoms with Gasteiger partial charge in [-0.15, -0.1) is 0 Å². The van der Waals surface area contributed by atoms with Gasteiger partial charge in [0.05, 0.1) is 10.6 Å². The van der Waals surface area contributed by atoms with Crippen molar-refractivity contribution in [2.24, 2.45) is 0 Å². The van der Waals surface area contributed by atoms with Crippen molar-refractivity contribution in [2.45, 2.75) is 17.9 Å². The molecular weight excluding hydrogens is 288 g/mol. The van der Waals surface area contributed by atoms with Crippen molar-refractivity contribution in [1.29, 1.82) is 0 Å². The Kier molecular flexibility index (Phi) is 3.64. The fourth-order valence-electron chi connectivity index (χ4n) is 1.58. The second-order valence-corrected chi connectivity index (χ2v) is 5.89. The zero-order valence-electron chi connectivity index (χ0n) is 10.4. The average Bonchev–Trinajstić information content (AvgIpc) is 2.37. The number of fused-ring (bicyclic) bond motifs is 1. The van der Waals surface area contributed by atoms with Gasteiger partial charge in [-0.2, -0.15) is 4.72 Å². The van der Waals surface area contributed by atoms with Gasteiger partial charge in [0.15, 0.2) is 6.61 Å². The zero-order valence-corrected chi connectivity index (χ0v) is 11.2. The van der Waals surface area contributed by atoms with Crippen LogP contribution in [0.15, 0.2) is 23.1 Å². The Morgan fingerprint density at radius 3 is 2.85 bits per heavy atom. The van der Waals surface area contributed by atoms with Crippen LogP contribution in [0, 0.1) is 0 Å². The molecule has 0 aliphatic carbocycles. The smallest absolute Gasteiger partial charge is 0.321 e. The summed E-state index contributed by atoms with van der Waals surface area (Å²) in [4.78, 5) is 21.7. The van der Waals surface area contributed by atoms with E-state index in [2.05, 4.69) is 5.32 Å². The average molecular weight is 300 g/mol. The number of amides is 1. The van der Waals surface area contributed by atoms with Gasteiger partial charge in [0.2, 0.25) is 10.0 Å². The molecule has 0 bridgehead atoms. The SMILES string of the molecule is C[C@@H](NS(=O)(=O)c1ccc2c(c1)NC(=O)CO2)C(=O)O. The number of hydrogen-bond acceptors (Lipinski definition) is 5. The van der Waals surface area contributed by atoms with E-state index in [1.54, 1.807) is 0 Å². The predicted molar refractivity (Wildman–Crippen MR) is 68.0 cm³/mol. The summed E-state index contributed by atoms with van der Waals surface area (Å²) in [5, 5.41) is 11.2. The molecule has 1 aromatic rings. The molecule has 108 valence electrons. The molecule has 0 spiro atoms. The minimum atomic E-state index is -3.99. The van der Waals surface area contributed by atoms with Crippen molar-refractivity contribution in [3.8, 4) is 5.75 Å². The van der Waals surface area contributed by atoms with Crippen LogP contribution in [-0.4, -0.2) is 38.0 Å². The molecule has 0 fully saturated rings. The molecule has 3 N–H and O–H groups in total. The van der Waals surface area contributed by atoms with E-state index in [1.165, 1.54) is 25.1 Å². The van der Waals surface area contributed by atoms with E-state index >= 15 is 0 Å². The molecular formula is C11H12N2O6S. The van der Waals surface area contributed by atoms with Gasteiger partial charge >= 0.3 is 5.97 Å². The number of benzene rings is 1. The number of nitrogens with one attached hydrogen (secondary N) is 2. The molecule has 20 heavy (non-hydrogen) atoms. The van der Waals surface area contributed by atoms with Crippen molar-refractivity contribution < 1.29 is 27.9 Å². The summed E-state index contributed by atoms with van der Waals surface area (Å²) in [6.45, 7) is 1.08. The summed E-state index contributed by atoms with van der Waals surface area (Å²) in [6, 6.07) is 2.62. The number of aliphatic carboxylic acids is 1. The number of sulfonamides is 1. The fourth-order valence-corrected chi connectivity index (χ4v) is 2.80. The number of carboxylic acids is 1. The number of carbonyl (C=O) groups is 2. The summed E-state index contributed by atoms with van der Waals surface area (Å²) in [7, 11) is -3.99. The molecule has 1 aromatic carbocycles. The summed E-state index contributed by atoms with van der Waals surface area (Å²) >= 11 is 0. The van der Waals surface area contributed by atoms with Gasteiger partial charge in [0.25, 0.3) is 5.91 Å². The van der Waals surface area contributed by atoms with E-state index in [0.717, 1.165) is 0 Å². The van der Waals surface area contributed by atoms with E-state index in [9.17, 15) is 18.0 Å². The Bertz CT molecular complexity index is 669. The van der Waals surface area contributed by atoms with Crippen LogP contribution in [0.3, 0.4) is 0 Å². The molecule has 0 saturated carbocycles. The van der Waals surface area contributed by atoms with Crippen molar-refractivity contribution in [3.63, 3.8) is 0 Å². The monoisotopic (exact) mass is 300 g/mol. The first-order valence-electron chi connectivity index (χ1n) is 5.61. The second kappa shape index (κ2) is 5.10. The summed E-state index contributed by atoms with van der Waals surface area (Å²) in [5.41, 5.74) is 0.229. The Hall–Kier alpha value is -2.13. The van der Waals surface area contributed by atoms with Crippen molar-refractivity contribution in [3.05, 3.63) is 18.2 Å². The Morgan fingerprint density at radius 1 is 1.50 bits per heavy atom. The fraction of sp³-hybridized carbons (Fsp3) is 0.273. The highest BCUT2D eigenvalue weighted by Gasteiger charge is 2.24. The number of ether oxygens (including phenoxy) is 1. The van der Waals surface area contributed by atoms with Gasteiger partial charge in [0, 0.05) is 0 Å². The van der Waals surface area contributed by atoms with Crippen LogP contribution < -0.4 is 14.8 Å². The lowest BCUT2D eigenvalue weighted by Gasteiger charge is -2.19. The highest BCUT2D eigenvalue weighted by molar-refractivity contribution is 7.89. The van der Waals surface area contributed by atoms with Gasteiger partial charge in [0.1, 0.15) is 11.8 Å². The van der Waals surface area contributed by atoms with E-state index in [-0.39, 0.29) is 23.1 Å². The molecule has 0 unspecified atom stereocenters. The number of anilines is 1. The highest BCUT2D eigenvalue weighted by Crippen LogP contribution is 2.29. The first-order valence-corrected chi connectivity index (χ1v) is 7.10. The van der Waals surface area contributed by atoms with Gasteiger partial charge in [-0.05, 0) is 25.1 Å². The van der Waals surface area contributed by atoms with Gasteiger partial charge in [-0.3, -0.25) is 9.59 Å². The molecule has 0 aromatic heterocycles. The van der Waals surface area contributed by atoms with Crippen LogP contribution in [0.4, 0.5) is 5.69 Å². The van der Waals surface area contributed by atoms with Crippen LogP contribution in [0.2, 0.25) is 0 Å². The molecule has 2 rings (SSSR count). The molecule has 0 saturated heterocycles. The zero-order chi connectivity index (χ0) is 14.9. The first-order chi connectivity index (χ1) is 9.29. The number of carbonyl (C=O) groups excluding carboxylic acids is 1. The molecule has 0 radical (unpaired) electrons. The maximum Gasteiger partial charge on any atom is 0.321 e. The van der Waals surface area contributed by atoms with Crippen LogP contribution in [0.5, 0.6) is 5.75 Å². The Labute approximate surface area is 114 Å². The molecule has 1 heterocycles. The second-order valence-electron chi connectivity index (χ2n) is 4.18. The quantitative estimate of drug-likeness (QED) is 0.706. The lowest BCUT2D eigenvalue weighted by molar-refractivity contribution is -0.138. The van der Waals surface area contributed by atoms with Gasteiger partial charge in [-0.25, -0.2) is 8.42 Å². The molecule has 9 heteroatoms. The van der Waals surface area contributed by atoms with Gasteiger partial charge < -0.3 is 15.2 Å². The summed E-state index contributed by atoms with van der Waals surface area (Å²) < 4.78 is 31.1. The minimum absolute atomic E-state index is 0.132. The predicted octanol–water partition coefficient (Wildman–Crippen LogP) is -0.231. The van der Waals surface area contributed by atoms with Crippen LogP contribution in [-0.2, 0) is 19.6 Å². The largest absolute Gasteiger partial charge is 0.482 e. The summed E-state index contributed by atoms with van der Waals surface area (Å²) in [6.07, 6.45) is 0. The number of carboxylic acid groups (broad SMARTS) is 1. The van der Waals surface area contributed by atoms with Crippen molar-refractivity contribution in [2.75, 3.05) is 11.9 Å². The Morgan fingerprint density at radius 2 is 2.20 bits per heavy atom. The van der Waals surface area contributed by atoms with Crippen LogP contribution in [0.1, 0.15) is 6.92 Å². The molecule has 1 amide bonds. The van der Waals surface area contributed by atoms with E-state index in [1.807, 2.05) is 4.72 Å².